The Morgan fingerprint density at radius 3 is 2.85 bits per heavy atom. The van der Waals surface area contributed by atoms with E-state index in [1.165, 1.54) is 37.8 Å². The van der Waals surface area contributed by atoms with Crippen molar-refractivity contribution < 1.29 is 4.79 Å². The number of nitrogens with zero attached hydrogens (tertiary/aromatic N) is 1. The van der Waals surface area contributed by atoms with E-state index in [9.17, 15) is 4.79 Å². The van der Waals surface area contributed by atoms with Gasteiger partial charge in [0.2, 0.25) is 5.91 Å². The molecular weight excluding hydrogens is 294 g/mol. The molecule has 1 heterocycles. The Labute approximate surface area is 131 Å². The molecule has 114 valence electrons. The van der Waals surface area contributed by atoms with Crippen LogP contribution in [0.15, 0.2) is 5.38 Å². The molecule has 0 unspecified atom stereocenters. The Morgan fingerprint density at radius 2 is 2.15 bits per heavy atom. The number of nitrogens with one attached hydrogen (secondary N) is 2. The number of carbonyl (C=O) groups excluding carboxylic acids is 1. The second-order valence-electron chi connectivity index (χ2n) is 5.13. The molecule has 1 amide bonds. The molecule has 6 heteroatoms. The first-order valence-electron chi connectivity index (χ1n) is 7.15. The Balaban J connectivity index is 0.00000200. The van der Waals surface area contributed by atoms with Gasteiger partial charge in [0.15, 0.2) is 0 Å². The highest BCUT2D eigenvalue weighted by Gasteiger charge is 2.18. The molecule has 1 aliphatic carbocycles. The van der Waals surface area contributed by atoms with Gasteiger partial charge in [0.05, 0.1) is 17.2 Å². The van der Waals surface area contributed by atoms with Crippen molar-refractivity contribution in [1.29, 1.82) is 0 Å². The van der Waals surface area contributed by atoms with Crippen molar-refractivity contribution in [2.75, 3.05) is 20.1 Å². The zero-order chi connectivity index (χ0) is 13.5. The van der Waals surface area contributed by atoms with Crippen molar-refractivity contribution in [2.24, 2.45) is 0 Å². The van der Waals surface area contributed by atoms with Crippen LogP contribution in [0, 0.1) is 0 Å². The fourth-order valence-electron chi connectivity index (χ4n) is 2.56. The minimum Gasteiger partial charge on any atom is -0.355 e. The van der Waals surface area contributed by atoms with Crippen molar-refractivity contribution >= 4 is 29.7 Å². The highest BCUT2D eigenvalue weighted by molar-refractivity contribution is 7.09. The van der Waals surface area contributed by atoms with Gasteiger partial charge < -0.3 is 10.6 Å². The molecule has 1 fully saturated rings. The van der Waals surface area contributed by atoms with Crippen LogP contribution in [0.25, 0.3) is 0 Å². The summed E-state index contributed by atoms with van der Waals surface area (Å²) in [6.07, 6.45) is 7.50. The highest BCUT2D eigenvalue weighted by atomic mass is 35.5. The van der Waals surface area contributed by atoms with Crippen LogP contribution >= 0.6 is 23.7 Å². The average Bonchev–Trinajstić information content (AvgIpc) is 2.89. The second-order valence-corrected chi connectivity index (χ2v) is 6.07. The highest BCUT2D eigenvalue weighted by Crippen LogP contribution is 2.32. The lowest BCUT2D eigenvalue weighted by Gasteiger charge is -2.19. The zero-order valence-corrected chi connectivity index (χ0v) is 13.6. The topological polar surface area (TPSA) is 54.0 Å². The summed E-state index contributed by atoms with van der Waals surface area (Å²) in [5.74, 6) is 0.726. The summed E-state index contributed by atoms with van der Waals surface area (Å²) in [7, 11) is 1.77. The molecule has 1 aromatic rings. The second kappa shape index (κ2) is 9.32. The lowest BCUT2D eigenvalue weighted by molar-refractivity contribution is -0.120. The molecular formula is C14H24ClN3OS. The minimum absolute atomic E-state index is 0. The summed E-state index contributed by atoms with van der Waals surface area (Å²) < 4.78 is 0. The van der Waals surface area contributed by atoms with Crippen molar-refractivity contribution in [1.82, 2.24) is 15.6 Å². The van der Waals surface area contributed by atoms with E-state index in [0.29, 0.717) is 19.0 Å². The summed E-state index contributed by atoms with van der Waals surface area (Å²) >= 11 is 1.73. The van der Waals surface area contributed by atoms with Gasteiger partial charge in [-0.15, -0.1) is 23.7 Å². The normalized spacial score (nSPS) is 15.7. The van der Waals surface area contributed by atoms with Gasteiger partial charge in [-0.25, -0.2) is 4.98 Å². The summed E-state index contributed by atoms with van der Waals surface area (Å²) in [6, 6.07) is 0. The fourth-order valence-corrected chi connectivity index (χ4v) is 3.44. The largest absolute Gasteiger partial charge is 0.355 e. The lowest BCUT2D eigenvalue weighted by atomic mass is 9.87. The molecule has 2 rings (SSSR count). The Morgan fingerprint density at radius 1 is 1.40 bits per heavy atom. The molecule has 0 radical (unpaired) electrons. The van der Waals surface area contributed by atoms with E-state index in [-0.39, 0.29) is 18.3 Å². The first kappa shape index (κ1) is 17.4. The van der Waals surface area contributed by atoms with E-state index in [0.717, 1.165) is 11.4 Å². The van der Waals surface area contributed by atoms with Crippen molar-refractivity contribution in [3.63, 3.8) is 0 Å². The van der Waals surface area contributed by atoms with Gasteiger partial charge >= 0.3 is 0 Å². The van der Waals surface area contributed by atoms with Crippen LogP contribution in [0.2, 0.25) is 0 Å². The monoisotopic (exact) mass is 317 g/mol. The number of hydrogen-bond donors (Lipinski definition) is 2. The fraction of sp³-hybridized carbons (Fsp3) is 0.714. The maximum absolute atomic E-state index is 11.3. The summed E-state index contributed by atoms with van der Waals surface area (Å²) in [5.41, 5.74) is 1.28. The van der Waals surface area contributed by atoms with Gasteiger partial charge in [-0.2, -0.15) is 0 Å². The number of amides is 1. The molecule has 1 aliphatic rings. The van der Waals surface area contributed by atoms with Gasteiger partial charge in [-0.1, -0.05) is 19.3 Å². The number of aromatic nitrogens is 1. The molecule has 20 heavy (non-hydrogen) atoms. The SMILES string of the molecule is CNCC(=O)NCCc1nc(C2CCCCC2)cs1.Cl. The van der Waals surface area contributed by atoms with Crippen molar-refractivity contribution in [3.05, 3.63) is 16.1 Å². The number of carbonyl (C=O) groups is 1. The number of halogens is 1. The van der Waals surface area contributed by atoms with Gasteiger partial charge in [0, 0.05) is 24.3 Å². The zero-order valence-electron chi connectivity index (χ0n) is 12.0. The molecule has 4 nitrogen and oxygen atoms in total. The van der Waals surface area contributed by atoms with Crippen LogP contribution in [0.3, 0.4) is 0 Å². The molecule has 0 bridgehead atoms. The molecule has 1 saturated carbocycles. The van der Waals surface area contributed by atoms with Gasteiger partial charge in [0.25, 0.3) is 0 Å². The van der Waals surface area contributed by atoms with E-state index in [2.05, 4.69) is 16.0 Å². The third-order valence-corrected chi connectivity index (χ3v) is 4.52. The Hall–Kier alpha value is -0.650. The number of rotatable bonds is 6. The van der Waals surface area contributed by atoms with Crippen LogP contribution in [0.5, 0.6) is 0 Å². The predicted octanol–water partition coefficient (Wildman–Crippen LogP) is 2.49. The van der Waals surface area contributed by atoms with E-state index in [1.807, 2.05) is 0 Å². The Bertz CT molecular complexity index is 405. The van der Waals surface area contributed by atoms with Gasteiger partial charge in [0.1, 0.15) is 0 Å². The van der Waals surface area contributed by atoms with Crippen LogP contribution < -0.4 is 10.6 Å². The summed E-state index contributed by atoms with van der Waals surface area (Å²) in [6.45, 7) is 1.06. The number of likely N-dealkylation sites (N-methyl/N-ethyl adjacent to an activating group) is 1. The van der Waals surface area contributed by atoms with E-state index < -0.39 is 0 Å². The average molecular weight is 318 g/mol. The minimum atomic E-state index is 0. The maximum atomic E-state index is 11.3. The van der Waals surface area contributed by atoms with Crippen molar-refractivity contribution in [2.45, 2.75) is 44.4 Å². The summed E-state index contributed by atoms with van der Waals surface area (Å²) in [5, 5.41) is 9.08. The van der Waals surface area contributed by atoms with Crippen LogP contribution in [0.1, 0.15) is 48.7 Å². The van der Waals surface area contributed by atoms with E-state index in [4.69, 9.17) is 4.98 Å². The molecule has 0 spiro atoms. The third-order valence-electron chi connectivity index (χ3n) is 3.59. The van der Waals surface area contributed by atoms with E-state index >= 15 is 0 Å². The standard InChI is InChI=1S/C14H23N3OS.ClH/c1-15-9-13(18)16-8-7-14-17-12(10-19-14)11-5-3-2-4-6-11;/h10-11,15H,2-9H2,1H3,(H,16,18);1H. The van der Waals surface area contributed by atoms with Crippen LogP contribution in [-0.2, 0) is 11.2 Å². The first-order valence-corrected chi connectivity index (χ1v) is 8.03. The number of thiazole rings is 1. The maximum Gasteiger partial charge on any atom is 0.233 e. The van der Waals surface area contributed by atoms with Gasteiger partial charge in [-0.3, -0.25) is 4.79 Å². The van der Waals surface area contributed by atoms with Crippen LogP contribution in [-0.4, -0.2) is 31.0 Å². The Kier molecular flexibility index (Phi) is 8.11. The smallest absolute Gasteiger partial charge is 0.233 e. The molecule has 0 saturated heterocycles. The predicted molar refractivity (Wildman–Crippen MR) is 85.8 cm³/mol. The van der Waals surface area contributed by atoms with Gasteiger partial charge in [-0.05, 0) is 19.9 Å². The molecule has 1 aromatic heterocycles. The quantitative estimate of drug-likeness (QED) is 0.847. The molecule has 2 N–H and O–H groups in total. The molecule has 0 atom stereocenters. The lowest BCUT2D eigenvalue weighted by Crippen LogP contribution is -2.33. The summed E-state index contributed by atoms with van der Waals surface area (Å²) in [4.78, 5) is 16.0. The van der Waals surface area contributed by atoms with Crippen molar-refractivity contribution in [3.8, 4) is 0 Å². The van der Waals surface area contributed by atoms with Crippen LogP contribution in [0.4, 0.5) is 0 Å². The van der Waals surface area contributed by atoms with E-state index in [1.54, 1.807) is 18.4 Å². The number of hydrogen-bond acceptors (Lipinski definition) is 4. The third kappa shape index (κ3) is 5.38. The first-order chi connectivity index (χ1) is 9.29. The molecule has 0 aromatic carbocycles. The molecule has 0 aliphatic heterocycles.